The fourth-order valence-electron chi connectivity index (χ4n) is 1.18. The zero-order valence-electron chi connectivity index (χ0n) is 5.92. The Balaban J connectivity index is 2.33. The number of thiocarbonyl (C=S) groups is 1. The van der Waals surface area contributed by atoms with Crippen molar-refractivity contribution in [1.29, 1.82) is 0 Å². The van der Waals surface area contributed by atoms with E-state index in [4.69, 9.17) is 18.0 Å². The van der Waals surface area contributed by atoms with Crippen molar-refractivity contribution in [3.05, 3.63) is 0 Å². The highest BCUT2D eigenvalue weighted by Crippen LogP contribution is 2.19. The van der Waals surface area contributed by atoms with E-state index in [9.17, 15) is 0 Å². The van der Waals surface area contributed by atoms with Crippen molar-refractivity contribution in [3.8, 4) is 0 Å². The Morgan fingerprint density at radius 1 is 1.50 bits per heavy atom. The summed E-state index contributed by atoms with van der Waals surface area (Å²) >= 11 is 4.91. The molecular weight excluding hydrogens is 163 g/mol. The molecule has 0 aromatic heterocycles. The van der Waals surface area contributed by atoms with Gasteiger partial charge in [-0.1, -0.05) is 21.6 Å². The summed E-state index contributed by atoms with van der Waals surface area (Å²) < 4.78 is 2.23. The van der Waals surface area contributed by atoms with Crippen LogP contribution in [0, 0.1) is 5.92 Å². The van der Waals surface area contributed by atoms with Crippen LogP contribution in [0.1, 0.15) is 12.8 Å². The highest BCUT2D eigenvalue weighted by molar-refractivity contribution is 7.80. The molecule has 2 N–H and O–H groups in total. The van der Waals surface area contributed by atoms with Gasteiger partial charge in [0.25, 0.3) is 0 Å². The monoisotopic (exact) mass is 176 g/mol. The molecule has 1 aliphatic rings. The highest BCUT2D eigenvalue weighted by atomic mass is 32.1. The molecular formula is C6H13N2PS. The van der Waals surface area contributed by atoms with Crippen molar-refractivity contribution in [2.24, 2.45) is 11.7 Å². The van der Waals surface area contributed by atoms with Crippen LogP contribution in [-0.2, 0) is 0 Å². The number of piperidine rings is 1. The Hall–Kier alpha value is 0.280. The molecule has 1 saturated heterocycles. The molecule has 4 heteroatoms. The molecule has 0 radical (unpaired) electrons. The molecule has 0 amide bonds. The Kier molecular flexibility index (Phi) is 3.02. The molecule has 0 saturated carbocycles. The second kappa shape index (κ2) is 3.61. The lowest BCUT2D eigenvalue weighted by Crippen LogP contribution is -2.32. The predicted molar refractivity (Wildman–Crippen MR) is 50.8 cm³/mol. The molecule has 10 heavy (non-hydrogen) atoms. The third kappa shape index (κ3) is 2.15. The van der Waals surface area contributed by atoms with Gasteiger partial charge in [-0.3, -0.25) is 4.67 Å². The predicted octanol–water partition coefficient (Wildman–Crippen LogP) is 0.775. The van der Waals surface area contributed by atoms with E-state index in [1.807, 2.05) is 0 Å². The highest BCUT2D eigenvalue weighted by Gasteiger charge is 2.18. The van der Waals surface area contributed by atoms with Crippen molar-refractivity contribution in [3.63, 3.8) is 0 Å². The zero-order valence-corrected chi connectivity index (χ0v) is 7.89. The summed E-state index contributed by atoms with van der Waals surface area (Å²) in [5.41, 5.74) is 5.52. The van der Waals surface area contributed by atoms with Gasteiger partial charge >= 0.3 is 0 Å². The second-order valence-electron chi connectivity index (χ2n) is 2.71. The van der Waals surface area contributed by atoms with Gasteiger partial charge in [0, 0.05) is 19.0 Å². The summed E-state index contributed by atoms with van der Waals surface area (Å²) in [5, 5.41) is 0. The van der Waals surface area contributed by atoms with E-state index < -0.39 is 0 Å². The van der Waals surface area contributed by atoms with Gasteiger partial charge in [-0.25, -0.2) is 0 Å². The summed E-state index contributed by atoms with van der Waals surface area (Å²) in [6, 6.07) is 0. The lowest BCUT2D eigenvalue weighted by Gasteiger charge is -2.27. The van der Waals surface area contributed by atoms with E-state index >= 15 is 0 Å². The summed E-state index contributed by atoms with van der Waals surface area (Å²) in [5.74, 6) is 0.492. The maximum Gasteiger partial charge on any atom is 0.0759 e. The molecule has 0 aliphatic carbocycles. The summed E-state index contributed by atoms with van der Waals surface area (Å²) in [4.78, 5) is 0.693. The SMILES string of the molecule is NC(=S)C1CCN(P)CC1. The minimum Gasteiger partial charge on any atom is -0.393 e. The summed E-state index contributed by atoms with van der Waals surface area (Å²) in [7, 11) is 2.70. The van der Waals surface area contributed by atoms with Gasteiger partial charge in [-0.2, -0.15) is 0 Å². The molecule has 0 spiro atoms. The van der Waals surface area contributed by atoms with Gasteiger partial charge in [0.1, 0.15) is 0 Å². The van der Waals surface area contributed by atoms with Crippen molar-refractivity contribution in [1.82, 2.24) is 4.67 Å². The maximum atomic E-state index is 5.52. The Bertz CT molecular complexity index is 132. The van der Waals surface area contributed by atoms with E-state index in [2.05, 4.69) is 14.1 Å². The van der Waals surface area contributed by atoms with Crippen molar-refractivity contribution in [2.75, 3.05) is 13.1 Å². The van der Waals surface area contributed by atoms with Gasteiger partial charge in [-0.15, -0.1) is 0 Å². The van der Waals surface area contributed by atoms with Crippen molar-refractivity contribution < 1.29 is 0 Å². The zero-order chi connectivity index (χ0) is 7.56. The molecule has 1 heterocycles. The van der Waals surface area contributed by atoms with Crippen LogP contribution in [0.2, 0.25) is 0 Å². The van der Waals surface area contributed by atoms with Crippen molar-refractivity contribution in [2.45, 2.75) is 12.8 Å². The first-order valence-corrected chi connectivity index (χ1v) is 4.41. The molecule has 0 aromatic carbocycles. The minimum atomic E-state index is 0.492. The van der Waals surface area contributed by atoms with Gasteiger partial charge in [-0.05, 0) is 12.8 Å². The van der Waals surface area contributed by atoms with E-state index in [-0.39, 0.29) is 0 Å². The molecule has 1 unspecified atom stereocenters. The smallest absolute Gasteiger partial charge is 0.0759 e. The second-order valence-corrected chi connectivity index (χ2v) is 3.91. The first kappa shape index (κ1) is 8.38. The summed E-state index contributed by atoms with van der Waals surface area (Å²) in [6.45, 7) is 2.21. The molecule has 1 aliphatic heterocycles. The molecule has 0 bridgehead atoms. The number of hydrogen-bond acceptors (Lipinski definition) is 2. The van der Waals surface area contributed by atoms with Crippen molar-refractivity contribution >= 4 is 26.6 Å². The van der Waals surface area contributed by atoms with Crippen LogP contribution in [0.4, 0.5) is 0 Å². The fraction of sp³-hybridized carbons (Fsp3) is 0.833. The van der Waals surface area contributed by atoms with Crippen LogP contribution in [0.5, 0.6) is 0 Å². The maximum absolute atomic E-state index is 5.52. The van der Waals surface area contributed by atoms with Crippen LogP contribution in [0.25, 0.3) is 0 Å². The molecule has 0 aromatic rings. The third-order valence-corrected chi connectivity index (χ3v) is 2.78. The fourth-order valence-corrected chi connectivity index (χ4v) is 1.72. The average Bonchev–Trinajstić information content (AvgIpc) is 1.88. The molecule has 1 rings (SSSR count). The van der Waals surface area contributed by atoms with Crippen LogP contribution < -0.4 is 5.73 Å². The standard InChI is InChI=1S/C6H13N2PS/c7-6(10)5-1-3-8(9)4-2-5/h5H,1-4,9H2,(H2,7,10). The number of hydrogen-bond donors (Lipinski definition) is 1. The minimum absolute atomic E-state index is 0.492. The normalized spacial score (nSPS) is 22.9. The van der Waals surface area contributed by atoms with E-state index in [0.717, 1.165) is 25.9 Å². The Morgan fingerprint density at radius 3 is 2.40 bits per heavy atom. The quantitative estimate of drug-likeness (QED) is 0.473. The Morgan fingerprint density at radius 2 is 2.00 bits per heavy atom. The van der Waals surface area contributed by atoms with E-state index in [0.29, 0.717) is 10.9 Å². The Labute approximate surface area is 69.4 Å². The number of rotatable bonds is 1. The van der Waals surface area contributed by atoms with Crippen LogP contribution in [-0.4, -0.2) is 22.7 Å². The lowest BCUT2D eigenvalue weighted by molar-refractivity contribution is 0.342. The van der Waals surface area contributed by atoms with Crippen LogP contribution in [0.3, 0.4) is 0 Å². The lowest BCUT2D eigenvalue weighted by atomic mass is 9.98. The first-order chi connectivity index (χ1) is 4.70. The van der Waals surface area contributed by atoms with Gasteiger partial charge < -0.3 is 5.73 Å². The molecule has 2 nitrogen and oxygen atoms in total. The molecule has 58 valence electrons. The molecule has 1 atom stereocenters. The number of nitrogens with two attached hydrogens (primary N) is 1. The van der Waals surface area contributed by atoms with E-state index in [1.165, 1.54) is 0 Å². The third-order valence-electron chi connectivity index (χ3n) is 1.93. The largest absolute Gasteiger partial charge is 0.393 e. The van der Waals surface area contributed by atoms with Gasteiger partial charge in [0.2, 0.25) is 0 Å². The topological polar surface area (TPSA) is 29.3 Å². The molecule has 1 fully saturated rings. The number of nitrogens with zero attached hydrogens (tertiary/aromatic N) is 1. The first-order valence-electron chi connectivity index (χ1n) is 3.49. The van der Waals surface area contributed by atoms with Crippen LogP contribution in [0.15, 0.2) is 0 Å². The van der Waals surface area contributed by atoms with E-state index in [1.54, 1.807) is 0 Å². The van der Waals surface area contributed by atoms with Crippen LogP contribution >= 0.6 is 21.6 Å². The van der Waals surface area contributed by atoms with Gasteiger partial charge in [0.15, 0.2) is 0 Å². The average molecular weight is 176 g/mol. The summed E-state index contributed by atoms with van der Waals surface area (Å²) in [6.07, 6.45) is 2.25. The van der Waals surface area contributed by atoms with Gasteiger partial charge in [0.05, 0.1) is 4.99 Å².